The number of hydrogen-bond donors (Lipinski definition) is 3. The Morgan fingerprint density at radius 1 is 0.923 bits per heavy atom. The highest BCUT2D eigenvalue weighted by molar-refractivity contribution is 5.84. The largest absolute Gasteiger partial charge is 0.364 e. The molecule has 0 atom stereocenters. The van der Waals surface area contributed by atoms with Crippen molar-refractivity contribution in [2.45, 2.75) is 64.2 Å². The van der Waals surface area contributed by atoms with Crippen molar-refractivity contribution in [3.05, 3.63) is 48.4 Å². The second-order valence-electron chi connectivity index (χ2n) is 11.0. The van der Waals surface area contributed by atoms with Crippen molar-refractivity contribution >= 4 is 28.7 Å². The highest BCUT2D eigenvalue weighted by Gasteiger charge is 2.23. The van der Waals surface area contributed by atoms with Gasteiger partial charge in [0.2, 0.25) is 5.95 Å². The molecule has 11 heteroatoms. The normalized spacial score (nSPS) is 17.5. The van der Waals surface area contributed by atoms with Crippen LogP contribution < -0.4 is 26.6 Å². The number of aromatic nitrogens is 6. The zero-order valence-electron chi connectivity index (χ0n) is 22.9. The van der Waals surface area contributed by atoms with E-state index in [1.54, 1.807) is 0 Å². The summed E-state index contributed by atoms with van der Waals surface area (Å²) in [6, 6.07) is 11.2. The van der Waals surface area contributed by atoms with Gasteiger partial charge in [0, 0.05) is 63.1 Å². The number of nitrogens with one attached hydrogen (secondary N) is 1. The van der Waals surface area contributed by atoms with Crippen LogP contribution in [0.4, 0.5) is 17.6 Å². The second-order valence-corrected chi connectivity index (χ2v) is 11.0. The number of nitrogens with zero attached hydrogens (tertiary/aromatic N) is 8. The molecule has 5 N–H and O–H groups in total. The molecule has 3 aromatic heterocycles. The van der Waals surface area contributed by atoms with Crippen LogP contribution in [0.25, 0.3) is 16.9 Å². The Morgan fingerprint density at radius 3 is 2.33 bits per heavy atom. The third-order valence-corrected chi connectivity index (χ3v) is 7.91. The average molecular weight is 530 g/mol. The van der Waals surface area contributed by atoms with E-state index in [2.05, 4.69) is 57.8 Å². The molecule has 0 unspecified atom stereocenters. The van der Waals surface area contributed by atoms with Gasteiger partial charge in [-0.05, 0) is 51.2 Å². The van der Waals surface area contributed by atoms with Crippen molar-refractivity contribution in [2.24, 2.45) is 11.5 Å². The maximum Gasteiger partial charge on any atom is 0.229 e. The van der Waals surface area contributed by atoms with E-state index in [4.69, 9.17) is 31.5 Å². The van der Waals surface area contributed by atoms with Gasteiger partial charge in [0.1, 0.15) is 0 Å². The predicted molar refractivity (Wildman–Crippen MR) is 155 cm³/mol. The summed E-state index contributed by atoms with van der Waals surface area (Å²) in [5.41, 5.74) is 16.0. The van der Waals surface area contributed by atoms with Crippen molar-refractivity contribution < 1.29 is 0 Å². The summed E-state index contributed by atoms with van der Waals surface area (Å²) in [7, 11) is 0. The van der Waals surface area contributed by atoms with E-state index in [-0.39, 0.29) is 12.1 Å². The molecule has 1 aromatic carbocycles. The van der Waals surface area contributed by atoms with Crippen LogP contribution in [0, 0.1) is 0 Å². The van der Waals surface area contributed by atoms with Crippen molar-refractivity contribution in [1.29, 1.82) is 0 Å². The first-order valence-corrected chi connectivity index (χ1v) is 14.1. The van der Waals surface area contributed by atoms with E-state index in [1.165, 1.54) is 0 Å². The van der Waals surface area contributed by atoms with Crippen molar-refractivity contribution in [3.8, 4) is 5.69 Å². The summed E-state index contributed by atoms with van der Waals surface area (Å²) >= 11 is 0. The Morgan fingerprint density at radius 2 is 1.62 bits per heavy atom. The number of fused-ring (bicyclic) bond motifs is 1. The molecular weight excluding hydrogens is 490 g/mol. The molecule has 2 aliphatic heterocycles. The van der Waals surface area contributed by atoms with E-state index in [0.29, 0.717) is 12.6 Å². The lowest BCUT2D eigenvalue weighted by Gasteiger charge is -2.30. The molecule has 11 nitrogen and oxygen atoms in total. The summed E-state index contributed by atoms with van der Waals surface area (Å²) in [4.78, 5) is 19.2. The zero-order valence-corrected chi connectivity index (χ0v) is 22.9. The second kappa shape index (κ2) is 10.8. The average Bonchev–Trinajstić information content (AvgIpc) is 3.61. The molecule has 2 aliphatic rings. The minimum Gasteiger partial charge on any atom is -0.364 e. The van der Waals surface area contributed by atoms with E-state index in [0.717, 1.165) is 91.9 Å². The first kappa shape index (κ1) is 25.6. The number of rotatable bonds is 7. The van der Waals surface area contributed by atoms with Crippen molar-refractivity contribution in [3.63, 3.8) is 0 Å². The van der Waals surface area contributed by atoms with Crippen LogP contribution in [-0.4, -0.2) is 67.6 Å². The third-order valence-electron chi connectivity index (χ3n) is 7.91. The number of benzene rings is 1. The zero-order chi connectivity index (χ0) is 26.9. The minimum atomic E-state index is 0.241. The monoisotopic (exact) mass is 529 g/mol. The summed E-state index contributed by atoms with van der Waals surface area (Å²) in [6.45, 7) is 8.46. The molecule has 0 aliphatic carbocycles. The van der Waals surface area contributed by atoms with Crippen LogP contribution >= 0.6 is 0 Å². The molecule has 0 radical (unpaired) electrons. The van der Waals surface area contributed by atoms with Crippen LogP contribution in [-0.2, 0) is 6.54 Å². The first-order chi connectivity index (χ1) is 19.0. The molecule has 5 heterocycles. The van der Waals surface area contributed by atoms with Gasteiger partial charge in [-0.3, -0.25) is 0 Å². The highest BCUT2D eigenvalue weighted by Crippen LogP contribution is 2.27. The van der Waals surface area contributed by atoms with Gasteiger partial charge < -0.3 is 31.2 Å². The number of piperidine rings is 2. The van der Waals surface area contributed by atoms with Gasteiger partial charge in [0.15, 0.2) is 22.8 Å². The number of anilines is 3. The van der Waals surface area contributed by atoms with Gasteiger partial charge >= 0.3 is 0 Å². The van der Waals surface area contributed by atoms with Gasteiger partial charge in [-0.1, -0.05) is 18.2 Å². The topological polar surface area (TPSA) is 132 Å². The van der Waals surface area contributed by atoms with Crippen LogP contribution in [0.3, 0.4) is 0 Å². The summed E-state index contributed by atoms with van der Waals surface area (Å²) in [5.74, 6) is 2.46. The predicted octanol–water partition coefficient (Wildman–Crippen LogP) is 3.06. The van der Waals surface area contributed by atoms with Crippen molar-refractivity contribution in [1.82, 2.24) is 29.3 Å². The quantitative estimate of drug-likeness (QED) is 0.330. The Kier molecular flexibility index (Phi) is 7.09. The Bertz CT molecular complexity index is 1410. The van der Waals surface area contributed by atoms with Crippen LogP contribution in [0.5, 0.6) is 0 Å². The first-order valence-electron chi connectivity index (χ1n) is 14.1. The number of imidazole rings is 1. The van der Waals surface area contributed by atoms with E-state index in [9.17, 15) is 0 Å². The van der Waals surface area contributed by atoms with Gasteiger partial charge in [-0.15, -0.1) is 0 Å². The van der Waals surface area contributed by atoms with Gasteiger partial charge in [0.25, 0.3) is 0 Å². The molecule has 0 spiro atoms. The van der Waals surface area contributed by atoms with Gasteiger partial charge in [-0.2, -0.15) is 15.1 Å². The molecule has 0 amide bonds. The van der Waals surface area contributed by atoms with E-state index < -0.39 is 0 Å². The molecular formula is C28H39N11. The molecule has 4 aromatic rings. The fourth-order valence-corrected chi connectivity index (χ4v) is 5.46. The fourth-order valence-electron chi connectivity index (χ4n) is 5.46. The SMILES string of the molecule is CC(C)n1cnc2c(NCc3ccccc3-n3ccc(N4CCC(N)CC4)n3)nc(N3CCC(N)CC3)nc21. The minimum absolute atomic E-state index is 0.241. The van der Waals surface area contributed by atoms with Gasteiger partial charge in [0.05, 0.1) is 12.0 Å². The molecule has 206 valence electrons. The molecule has 2 fully saturated rings. The van der Waals surface area contributed by atoms with Gasteiger partial charge in [-0.25, -0.2) is 9.67 Å². The molecule has 0 bridgehead atoms. The summed E-state index contributed by atoms with van der Waals surface area (Å²) in [6.07, 6.45) is 7.78. The van der Waals surface area contributed by atoms with E-state index >= 15 is 0 Å². The molecule has 6 rings (SSSR count). The number of hydrogen-bond acceptors (Lipinski definition) is 9. The standard InChI is InChI=1S/C28H39N11/c1-19(2)38-18-32-25-26(33-28(34-27(25)38)37-14-9-22(30)10-15-37)31-17-20-5-3-4-6-23(20)39-16-11-24(35-39)36-12-7-21(29)8-13-36/h3-6,11,16,18-19,21-22H,7-10,12-15,17,29-30H2,1-2H3,(H,31,33,34). The maximum absolute atomic E-state index is 6.16. The lowest BCUT2D eigenvalue weighted by atomic mass is 10.1. The lowest BCUT2D eigenvalue weighted by Crippen LogP contribution is -2.40. The smallest absolute Gasteiger partial charge is 0.229 e. The van der Waals surface area contributed by atoms with E-state index in [1.807, 2.05) is 23.3 Å². The number of para-hydroxylation sites is 1. The van der Waals surface area contributed by atoms with Crippen molar-refractivity contribution in [2.75, 3.05) is 41.3 Å². The Balaban J connectivity index is 1.27. The highest BCUT2D eigenvalue weighted by atomic mass is 15.4. The fraction of sp³-hybridized carbons (Fsp3) is 0.500. The summed E-state index contributed by atoms with van der Waals surface area (Å²) in [5, 5.41) is 8.50. The third kappa shape index (κ3) is 5.28. The molecule has 0 saturated carbocycles. The summed E-state index contributed by atoms with van der Waals surface area (Å²) < 4.78 is 4.07. The van der Waals surface area contributed by atoms with Crippen LogP contribution in [0.2, 0.25) is 0 Å². The lowest BCUT2D eigenvalue weighted by molar-refractivity contribution is 0.495. The molecule has 39 heavy (non-hydrogen) atoms. The Hall–Kier alpha value is -3.70. The Labute approximate surface area is 229 Å². The number of nitrogens with two attached hydrogens (primary N) is 2. The molecule has 2 saturated heterocycles. The van der Waals surface area contributed by atoms with Crippen LogP contribution in [0.1, 0.15) is 51.1 Å². The van der Waals surface area contributed by atoms with Crippen LogP contribution in [0.15, 0.2) is 42.9 Å². The maximum atomic E-state index is 6.16.